The van der Waals surface area contributed by atoms with Gasteiger partial charge < -0.3 is 10.4 Å². The van der Waals surface area contributed by atoms with Crippen molar-refractivity contribution in [1.29, 1.82) is 0 Å². The molecule has 1 spiro atoms. The van der Waals surface area contributed by atoms with Crippen LogP contribution in [0.25, 0.3) is 0 Å². The fourth-order valence-corrected chi connectivity index (χ4v) is 2.72. The third kappa shape index (κ3) is 1.46. The Kier molecular flexibility index (Phi) is 2.28. The second kappa shape index (κ2) is 3.29. The number of aliphatic hydroxyl groups is 1. The Balaban J connectivity index is 2.08. The molecule has 2 N–H and O–H groups in total. The van der Waals surface area contributed by atoms with E-state index in [4.69, 9.17) is 5.11 Å². The van der Waals surface area contributed by atoms with Crippen molar-refractivity contribution < 1.29 is 9.90 Å². The molecule has 1 unspecified atom stereocenters. The van der Waals surface area contributed by atoms with Gasteiger partial charge in [0, 0.05) is 0 Å². The summed E-state index contributed by atoms with van der Waals surface area (Å²) in [6.45, 7) is 0.0908. The van der Waals surface area contributed by atoms with Crippen LogP contribution in [0.1, 0.15) is 38.5 Å². The van der Waals surface area contributed by atoms with E-state index < -0.39 is 0 Å². The molecule has 1 aliphatic carbocycles. The van der Waals surface area contributed by atoms with Crippen LogP contribution in [0.4, 0.5) is 0 Å². The second-order valence-electron chi connectivity index (χ2n) is 4.40. The fraction of sp³-hybridized carbons (Fsp3) is 0.900. The molecule has 1 amide bonds. The Hall–Kier alpha value is -0.570. The highest BCUT2D eigenvalue weighted by Crippen LogP contribution is 2.43. The van der Waals surface area contributed by atoms with Gasteiger partial charge in [0.1, 0.15) is 0 Å². The van der Waals surface area contributed by atoms with Crippen molar-refractivity contribution in [3.8, 4) is 0 Å². The summed E-state index contributed by atoms with van der Waals surface area (Å²) in [6.07, 6.45) is 6.50. The molecule has 13 heavy (non-hydrogen) atoms. The summed E-state index contributed by atoms with van der Waals surface area (Å²) in [7, 11) is 0. The van der Waals surface area contributed by atoms with Crippen LogP contribution in [0, 0.1) is 5.41 Å². The van der Waals surface area contributed by atoms with E-state index in [9.17, 15) is 4.79 Å². The van der Waals surface area contributed by atoms with E-state index in [1.807, 2.05) is 0 Å². The predicted molar refractivity (Wildman–Crippen MR) is 49.2 cm³/mol. The summed E-state index contributed by atoms with van der Waals surface area (Å²) in [5.41, 5.74) is -0.106. The third-order valence-electron chi connectivity index (χ3n) is 3.49. The van der Waals surface area contributed by atoms with Gasteiger partial charge in [-0.2, -0.15) is 0 Å². The summed E-state index contributed by atoms with van der Waals surface area (Å²) < 4.78 is 0. The van der Waals surface area contributed by atoms with E-state index in [0.717, 1.165) is 19.3 Å². The maximum atomic E-state index is 11.7. The van der Waals surface area contributed by atoms with E-state index in [1.165, 1.54) is 19.3 Å². The molecule has 2 aliphatic rings. The first-order valence-corrected chi connectivity index (χ1v) is 5.19. The monoisotopic (exact) mass is 183 g/mol. The number of hydrogen-bond acceptors (Lipinski definition) is 2. The van der Waals surface area contributed by atoms with Crippen LogP contribution in [-0.4, -0.2) is 23.7 Å². The Labute approximate surface area is 78.5 Å². The highest BCUT2D eigenvalue weighted by atomic mass is 16.3. The zero-order chi connectivity index (χ0) is 9.31. The van der Waals surface area contributed by atoms with E-state index in [2.05, 4.69) is 5.32 Å². The molecule has 0 bridgehead atoms. The first-order chi connectivity index (χ1) is 6.27. The summed E-state index contributed by atoms with van der Waals surface area (Å²) in [5, 5.41) is 11.9. The molecule has 1 heterocycles. The number of carbonyl (C=O) groups excluding carboxylic acids is 1. The topological polar surface area (TPSA) is 49.3 Å². The van der Waals surface area contributed by atoms with Gasteiger partial charge >= 0.3 is 0 Å². The average molecular weight is 183 g/mol. The lowest BCUT2D eigenvalue weighted by atomic mass is 9.72. The van der Waals surface area contributed by atoms with Gasteiger partial charge in [0.2, 0.25) is 5.91 Å². The summed E-state index contributed by atoms with van der Waals surface area (Å²) in [4.78, 5) is 11.7. The summed E-state index contributed by atoms with van der Waals surface area (Å²) >= 11 is 0. The number of amides is 1. The quantitative estimate of drug-likeness (QED) is 0.632. The van der Waals surface area contributed by atoms with Crippen molar-refractivity contribution in [3.05, 3.63) is 0 Å². The second-order valence-corrected chi connectivity index (χ2v) is 4.40. The minimum Gasteiger partial charge on any atom is -0.394 e. The van der Waals surface area contributed by atoms with Gasteiger partial charge in [-0.3, -0.25) is 4.79 Å². The van der Waals surface area contributed by atoms with Crippen molar-refractivity contribution in [2.45, 2.75) is 44.6 Å². The third-order valence-corrected chi connectivity index (χ3v) is 3.49. The van der Waals surface area contributed by atoms with Gasteiger partial charge in [0.25, 0.3) is 0 Å². The molecule has 1 atom stereocenters. The molecular formula is C10H17NO2. The van der Waals surface area contributed by atoms with Gasteiger partial charge in [-0.15, -0.1) is 0 Å². The first-order valence-electron chi connectivity index (χ1n) is 5.19. The molecule has 74 valence electrons. The number of hydrogen-bond donors (Lipinski definition) is 2. The van der Waals surface area contributed by atoms with E-state index in [1.54, 1.807) is 0 Å². The predicted octanol–water partition coefficient (Wildman–Crippen LogP) is 0.818. The van der Waals surface area contributed by atoms with Gasteiger partial charge in [-0.1, -0.05) is 19.3 Å². The van der Waals surface area contributed by atoms with Crippen LogP contribution in [0.5, 0.6) is 0 Å². The molecule has 1 aliphatic heterocycles. The smallest absolute Gasteiger partial charge is 0.226 e. The van der Waals surface area contributed by atoms with Gasteiger partial charge in [-0.25, -0.2) is 0 Å². The minimum atomic E-state index is -0.106. The molecule has 0 radical (unpaired) electrons. The Morgan fingerprint density at radius 3 is 2.62 bits per heavy atom. The lowest BCUT2D eigenvalue weighted by molar-refractivity contribution is -0.129. The molecule has 3 nitrogen and oxygen atoms in total. The van der Waals surface area contributed by atoms with Crippen molar-refractivity contribution in [1.82, 2.24) is 5.32 Å². The lowest BCUT2D eigenvalue weighted by Crippen LogP contribution is -2.34. The van der Waals surface area contributed by atoms with Crippen molar-refractivity contribution in [2.75, 3.05) is 6.61 Å². The Bertz CT molecular complexity index is 209. The largest absolute Gasteiger partial charge is 0.394 e. The number of rotatable bonds is 1. The summed E-state index contributed by atoms with van der Waals surface area (Å²) in [6, 6.07) is 0.0191. The molecule has 0 aromatic rings. The van der Waals surface area contributed by atoms with Crippen molar-refractivity contribution >= 4 is 5.91 Å². The van der Waals surface area contributed by atoms with Crippen LogP contribution in [0.3, 0.4) is 0 Å². The van der Waals surface area contributed by atoms with Gasteiger partial charge in [0.05, 0.1) is 18.1 Å². The zero-order valence-electron chi connectivity index (χ0n) is 7.88. The molecular weight excluding hydrogens is 166 g/mol. The molecule has 0 aromatic heterocycles. The minimum absolute atomic E-state index is 0.0191. The van der Waals surface area contributed by atoms with E-state index in [-0.39, 0.29) is 24.0 Å². The van der Waals surface area contributed by atoms with Gasteiger partial charge in [0.15, 0.2) is 0 Å². The fourth-order valence-electron chi connectivity index (χ4n) is 2.72. The number of carbonyl (C=O) groups is 1. The highest BCUT2D eigenvalue weighted by Gasteiger charge is 2.46. The molecule has 0 aromatic carbocycles. The van der Waals surface area contributed by atoms with Crippen LogP contribution in [0.15, 0.2) is 0 Å². The van der Waals surface area contributed by atoms with E-state index >= 15 is 0 Å². The maximum absolute atomic E-state index is 11.7. The zero-order valence-corrected chi connectivity index (χ0v) is 7.88. The Morgan fingerprint density at radius 1 is 1.38 bits per heavy atom. The van der Waals surface area contributed by atoms with E-state index in [0.29, 0.717) is 0 Å². The number of nitrogens with one attached hydrogen (secondary N) is 1. The standard InChI is InChI=1S/C10H17NO2/c12-7-8-6-10(9(13)11-8)4-2-1-3-5-10/h8,12H,1-7H2,(H,11,13). The normalized spacial score (nSPS) is 32.1. The van der Waals surface area contributed by atoms with Crippen LogP contribution in [-0.2, 0) is 4.79 Å². The van der Waals surface area contributed by atoms with Crippen LogP contribution < -0.4 is 5.32 Å². The van der Waals surface area contributed by atoms with Crippen molar-refractivity contribution in [3.63, 3.8) is 0 Å². The SMILES string of the molecule is O=C1NC(CO)CC12CCCCC2. The van der Waals surface area contributed by atoms with Gasteiger partial charge in [-0.05, 0) is 19.3 Å². The molecule has 1 saturated heterocycles. The average Bonchev–Trinajstić information content (AvgIpc) is 2.45. The van der Waals surface area contributed by atoms with Crippen molar-refractivity contribution in [2.24, 2.45) is 5.41 Å². The number of aliphatic hydroxyl groups excluding tert-OH is 1. The highest BCUT2D eigenvalue weighted by molar-refractivity contribution is 5.85. The van der Waals surface area contributed by atoms with Crippen LogP contribution in [0.2, 0.25) is 0 Å². The Morgan fingerprint density at radius 2 is 2.08 bits per heavy atom. The molecule has 1 saturated carbocycles. The molecule has 2 fully saturated rings. The van der Waals surface area contributed by atoms with Crippen LogP contribution >= 0.6 is 0 Å². The maximum Gasteiger partial charge on any atom is 0.226 e. The molecule has 3 heteroatoms. The summed E-state index contributed by atoms with van der Waals surface area (Å²) in [5.74, 6) is 0.186. The first kappa shape index (κ1) is 9.00. The lowest BCUT2D eigenvalue weighted by Gasteiger charge is -2.30. The molecule has 2 rings (SSSR count).